The predicted octanol–water partition coefficient (Wildman–Crippen LogP) is 2.26. The molecule has 0 bridgehead atoms. The molecule has 0 aliphatic carbocycles. The van der Waals surface area contributed by atoms with Crippen molar-refractivity contribution < 1.29 is 9.53 Å². The van der Waals surface area contributed by atoms with Gasteiger partial charge in [-0.2, -0.15) is 0 Å². The minimum Gasteiger partial charge on any atom is -0.484 e. The van der Waals surface area contributed by atoms with Gasteiger partial charge in [-0.15, -0.1) is 12.4 Å². The summed E-state index contributed by atoms with van der Waals surface area (Å²) in [4.78, 5) is 11.4. The highest BCUT2D eigenvalue weighted by molar-refractivity contribution is 6.34. The van der Waals surface area contributed by atoms with E-state index in [0.29, 0.717) is 22.3 Å². The number of halogens is 3. The van der Waals surface area contributed by atoms with Crippen molar-refractivity contribution in [2.45, 2.75) is 13.0 Å². The van der Waals surface area contributed by atoms with E-state index in [-0.39, 0.29) is 31.0 Å². The van der Waals surface area contributed by atoms with Gasteiger partial charge in [-0.05, 0) is 25.1 Å². The summed E-state index contributed by atoms with van der Waals surface area (Å²) in [5.41, 5.74) is 5.38. The van der Waals surface area contributed by atoms with E-state index in [1.54, 1.807) is 18.2 Å². The van der Waals surface area contributed by atoms with Crippen molar-refractivity contribution in [1.29, 1.82) is 0 Å². The third-order valence-corrected chi connectivity index (χ3v) is 2.40. The maximum absolute atomic E-state index is 11.4. The Labute approximate surface area is 122 Å². The van der Waals surface area contributed by atoms with Crippen molar-refractivity contribution in [2.75, 3.05) is 13.2 Å². The van der Waals surface area contributed by atoms with Gasteiger partial charge in [0.15, 0.2) is 6.61 Å². The van der Waals surface area contributed by atoms with Gasteiger partial charge in [0, 0.05) is 22.6 Å². The van der Waals surface area contributed by atoms with Crippen molar-refractivity contribution in [2.24, 2.45) is 5.73 Å². The molecule has 0 unspecified atom stereocenters. The van der Waals surface area contributed by atoms with Gasteiger partial charge >= 0.3 is 0 Å². The fraction of sp³-hybridized carbons (Fsp3) is 0.364. The standard InChI is InChI=1S/C11H14Cl2N2O2.ClH/c1-7(5-14)15-11(16)6-17-10-3-8(12)2-9(13)4-10;/h2-4,7H,5-6,14H2,1H3,(H,15,16);1H/t7-;/m0./s1. The highest BCUT2D eigenvalue weighted by Gasteiger charge is 2.07. The number of nitrogens with two attached hydrogens (primary N) is 1. The molecule has 7 heteroatoms. The minimum atomic E-state index is -0.237. The lowest BCUT2D eigenvalue weighted by Gasteiger charge is -2.12. The Balaban J connectivity index is 0.00000289. The molecule has 0 radical (unpaired) electrons. The molecule has 0 aliphatic rings. The third kappa shape index (κ3) is 6.31. The number of hydrogen-bond donors (Lipinski definition) is 2. The summed E-state index contributed by atoms with van der Waals surface area (Å²) < 4.78 is 5.25. The lowest BCUT2D eigenvalue weighted by molar-refractivity contribution is -0.123. The Morgan fingerprint density at radius 3 is 2.44 bits per heavy atom. The third-order valence-electron chi connectivity index (χ3n) is 1.97. The second-order valence-electron chi connectivity index (χ2n) is 3.60. The van der Waals surface area contributed by atoms with Crippen LogP contribution in [-0.4, -0.2) is 25.1 Å². The van der Waals surface area contributed by atoms with E-state index in [1.807, 2.05) is 6.92 Å². The largest absolute Gasteiger partial charge is 0.484 e. The molecule has 1 aromatic carbocycles. The number of nitrogens with one attached hydrogen (secondary N) is 1. The highest BCUT2D eigenvalue weighted by Crippen LogP contribution is 2.23. The number of benzene rings is 1. The van der Waals surface area contributed by atoms with E-state index in [1.165, 1.54) is 0 Å². The van der Waals surface area contributed by atoms with E-state index in [4.69, 9.17) is 33.7 Å². The average Bonchev–Trinajstić information content (AvgIpc) is 2.25. The molecule has 1 atom stereocenters. The molecule has 1 amide bonds. The first-order chi connectivity index (χ1) is 8.01. The molecule has 1 rings (SSSR count). The van der Waals surface area contributed by atoms with Crippen LogP contribution < -0.4 is 15.8 Å². The van der Waals surface area contributed by atoms with Gasteiger partial charge in [0.05, 0.1) is 0 Å². The van der Waals surface area contributed by atoms with Crippen LogP contribution in [0.3, 0.4) is 0 Å². The molecule has 4 nitrogen and oxygen atoms in total. The SMILES string of the molecule is C[C@@H](CN)NC(=O)COc1cc(Cl)cc(Cl)c1.Cl. The number of carbonyl (C=O) groups excluding carboxylic acids is 1. The van der Waals surface area contributed by atoms with Gasteiger partial charge in [0.25, 0.3) is 5.91 Å². The zero-order valence-corrected chi connectivity index (χ0v) is 12.1. The normalized spacial score (nSPS) is 11.3. The Morgan fingerprint density at radius 2 is 1.94 bits per heavy atom. The molecule has 0 aromatic heterocycles. The van der Waals surface area contributed by atoms with E-state index < -0.39 is 0 Å². The summed E-state index contributed by atoms with van der Waals surface area (Å²) in [6.45, 7) is 2.10. The summed E-state index contributed by atoms with van der Waals surface area (Å²) in [5, 5.41) is 3.60. The molecule has 0 aliphatic heterocycles. The lowest BCUT2D eigenvalue weighted by Crippen LogP contribution is -2.40. The molecular weight excluding hydrogens is 298 g/mol. The Hall–Kier alpha value is -0.680. The molecule has 0 saturated carbocycles. The number of amides is 1. The van der Waals surface area contributed by atoms with E-state index >= 15 is 0 Å². The predicted molar refractivity (Wildman–Crippen MR) is 75.9 cm³/mol. The van der Waals surface area contributed by atoms with Crippen molar-refractivity contribution in [3.05, 3.63) is 28.2 Å². The summed E-state index contributed by atoms with van der Waals surface area (Å²) in [6.07, 6.45) is 0. The molecule has 0 spiro atoms. The smallest absolute Gasteiger partial charge is 0.258 e. The Kier molecular flexibility index (Phi) is 8.11. The van der Waals surface area contributed by atoms with Crippen LogP contribution in [0.15, 0.2) is 18.2 Å². The fourth-order valence-corrected chi connectivity index (χ4v) is 1.64. The summed E-state index contributed by atoms with van der Waals surface area (Å²) >= 11 is 11.6. The lowest BCUT2D eigenvalue weighted by atomic mass is 10.3. The van der Waals surface area contributed by atoms with Gasteiger partial charge < -0.3 is 15.8 Å². The molecule has 18 heavy (non-hydrogen) atoms. The van der Waals surface area contributed by atoms with E-state index in [9.17, 15) is 4.79 Å². The van der Waals surface area contributed by atoms with Gasteiger partial charge in [-0.1, -0.05) is 23.2 Å². The maximum atomic E-state index is 11.4. The second-order valence-corrected chi connectivity index (χ2v) is 4.47. The van der Waals surface area contributed by atoms with E-state index in [0.717, 1.165) is 0 Å². The summed E-state index contributed by atoms with van der Waals surface area (Å²) in [6, 6.07) is 4.70. The quantitative estimate of drug-likeness (QED) is 0.876. The van der Waals surface area contributed by atoms with Gasteiger partial charge in [-0.25, -0.2) is 0 Å². The second kappa shape index (κ2) is 8.43. The van der Waals surface area contributed by atoms with Crippen LogP contribution in [0.1, 0.15) is 6.92 Å². The van der Waals surface area contributed by atoms with Crippen LogP contribution >= 0.6 is 35.6 Å². The topological polar surface area (TPSA) is 64.3 Å². The Morgan fingerprint density at radius 1 is 1.39 bits per heavy atom. The molecule has 102 valence electrons. The Bertz CT molecular complexity index is 382. The van der Waals surface area contributed by atoms with Crippen molar-refractivity contribution in [3.8, 4) is 5.75 Å². The number of rotatable bonds is 5. The molecular formula is C11H15Cl3N2O2. The average molecular weight is 314 g/mol. The number of ether oxygens (including phenoxy) is 1. The molecule has 3 N–H and O–H groups in total. The highest BCUT2D eigenvalue weighted by atomic mass is 35.5. The molecule has 0 heterocycles. The molecule has 0 saturated heterocycles. The molecule has 1 aromatic rings. The maximum Gasteiger partial charge on any atom is 0.258 e. The molecule has 0 fully saturated rings. The first-order valence-corrected chi connectivity index (χ1v) is 5.85. The zero-order valence-electron chi connectivity index (χ0n) is 9.78. The number of carbonyl (C=O) groups is 1. The summed E-state index contributed by atoms with van der Waals surface area (Å²) in [5.74, 6) is 0.220. The summed E-state index contributed by atoms with van der Waals surface area (Å²) in [7, 11) is 0. The van der Waals surface area contributed by atoms with Gasteiger partial charge in [0.1, 0.15) is 5.75 Å². The fourth-order valence-electron chi connectivity index (χ4n) is 1.14. The van der Waals surface area contributed by atoms with Crippen molar-refractivity contribution in [3.63, 3.8) is 0 Å². The van der Waals surface area contributed by atoms with Crippen LogP contribution in [0.2, 0.25) is 10.0 Å². The van der Waals surface area contributed by atoms with Crippen LogP contribution in [0.4, 0.5) is 0 Å². The minimum absolute atomic E-state index is 0. The van der Waals surface area contributed by atoms with Crippen molar-refractivity contribution in [1.82, 2.24) is 5.32 Å². The first-order valence-electron chi connectivity index (χ1n) is 5.09. The van der Waals surface area contributed by atoms with Crippen LogP contribution in [0.25, 0.3) is 0 Å². The van der Waals surface area contributed by atoms with Gasteiger partial charge in [-0.3, -0.25) is 4.79 Å². The van der Waals surface area contributed by atoms with Crippen molar-refractivity contribution >= 4 is 41.5 Å². The monoisotopic (exact) mass is 312 g/mol. The zero-order chi connectivity index (χ0) is 12.8. The van der Waals surface area contributed by atoms with Crippen LogP contribution in [-0.2, 0) is 4.79 Å². The van der Waals surface area contributed by atoms with Crippen LogP contribution in [0, 0.1) is 0 Å². The van der Waals surface area contributed by atoms with Gasteiger partial charge in [0.2, 0.25) is 0 Å². The first kappa shape index (κ1) is 17.3. The number of hydrogen-bond acceptors (Lipinski definition) is 3. The van der Waals surface area contributed by atoms with Crippen LogP contribution in [0.5, 0.6) is 5.75 Å². The van der Waals surface area contributed by atoms with E-state index in [2.05, 4.69) is 5.32 Å².